The number of aliphatic hydroxyl groups is 1. The number of hydrogen-bond acceptors (Lipinski definition) is 2. The molecule has 0 bridgehead atoms. The van der Waals surface area contributed by atoms with E-state index >= 15 is 0 Å². The lowest BCUT2D eigenvalue weighted by atomic mass is 9.66. The SMILES string of the molecule is OCC1(N2CC3(CCCCCC3)C2)CCC1. The minimum Gasteiger partial charge on any atom is -0.394 e. The molecule has 1 aliphatic heterocycles. The first-order valence-corrected chi connectivity index (χ1v) is 7.15. The van der Waals surface area contributed by atoms with Gasteiger partial charge >= 0.3 is 0 Å². The molecule has 0 unspecified atom stereocenters. The second kappa shape index (κ2) is 3.99. The summed E-state index contributed by atoms with van der Waals surface area (Å²) in [5.41, 5.74) is 0.881. The van der Waals surface area contributed by atoms with E-state index in [9.17, 15) is 5.11 Å². The number of rotatable bonds is 2. The van der Waals surface area contributed by atoms with Gasteiger partial charge in [0.25, 0.3) is 0 Å². The summed E-state index contributed by atoms with van der Waals surface area (Å²) in [6, 6.07) is 0. The van der Waals surface area contributed by atoms with Gasteiger partial charge in [-0.25, -0.2) is 0 Å². The first-order chi connectivity index (χ1) is 7.79. The van der Waals surface area contributed by atoms with Crippen LogP contribution in [0.25, 0.3) is 0 Å². The van der Waals surface area contributed by atoms with Gasteiger partial charge in [0.2, 0.25) is 0 Å². The molecule has 0 amide bonds. The van der Waals surface area contributed by atoms with E-state index in [1.165, 1.54) is 70.9 Å². The van der Waals surface area contributed by atoms with Crippen LogP contribution in [0.3, 0.4) is 0 Å². The third kappa shape index (κ3) is 1.62. The van der Waals surface area contributed by atoms with Crippen LogP contribution in [0.2, 0.25) is 0 Å². The number of likely N-dealkylation sites (tertiary alicyclic amines) is 1. The van der Waals surface area contributed by atoms with E-state index < -0.39 is 0 Å². The van der Waals surface area contributed by atoms with Gasteiger partial charge in [-0.3, -0.25) is 4.90 Å². The van der Waals surface area contributed by atoms with Gasteiger partial charge in [0.05, 0.1) is 6.61 Å². The van der Waals surface area contributed by atoms with Crippen molar-refractivity contribution in [2.45, 2.75) is 63.3 Å². The molecule has 0 aromatic heterocycles. The van der Waals surface area contributed by atoms with Crippen LogP contribution >= 0.6 is 0 Å². The van der Waals surface area contributed by atoms with Gasteiger partial charge < -0.3 is 5.11 Å². The Morgan fingerprint density at radius 2 is 1.44 bits per heavy atom. The molecule has 1 N–H and O–H groups in total. The molecule has 2 nitrogen and oxygen atoms in total. The maximum absolute atomic E-state index is 9.57. The predicted octanol–water partition coefficient (Wildman–Crippen LogP) is 2.56. The Bertz CT molecular complexity index is 238. The van der Waals surface area contributed by atoms with Crippen LogP contribution in [-0.2, 0) is 0 Å². The Kier molecular flexibility index (Phi) is 2.75. The van der Waals surface area contributed by atoms with Gasteiger partial charge in [-0.15, -0.1) is 0 Å². The topological polar surface area (TPSA) is 23.5 Å². The Hall–Kier alpha value is -0.0800. The molecule has 1 heterocycles. The van der Waals surface area contributed by atoms with Gasteiger partial charge in [-0.2, -0.15) is 0 Å². The highest BCUT2D eigenvalue weighted by atomic mass is 16.3. The van der Waals surface area contributed by atoms with Gasteiger partial charge in [-0.05, 0) is 37.5 Å². The van der Waals surface area contributed by atoms with Gasteiger partial charge in [0.15, 0.2) is 0 Å². The van der Waals surface area contributed by atoms with E-state index in [1.807, 2.05) is 0 Å². The summed E-state index contributed by atoms with van der Waals surface area (Å²) in [5.74, 6) is 0. The first kappa shape index (κ1) is 11.0. The highest BCUT2D eigenvalue weighted by Gasteiger charge is 2.52. The Morgan fingerprint density at radius 3 is 1.88 bits per heavy atom. The third-order valence-electron chi connectivity index (χ3n) is 5.47. The molecule has 3 aliphatic rings. The smallest absolute Gasteiger partial charge is 0.0615 e. The van der Waals surface area contributed by atoms with Crippen LogP contribution in [0.5, 0.6) is 0 Å². The summed E-state index contributed by atoms with van der Waals surface area (Å²) < 4.78 is 0. The molecular weight excluding hydrogens is 198 g/mol. The molecule has 0 atom stereocenters. The summed E-state index contributed by atoms with van der Waals surface area (Å²) in [7, 11) is 0. The normalized spacial score (nSPS) is 32.8. The summed E-state index contributed by atoms with van der Waals surface area (Å²) in [4.78, 5) is 2.60. The maximum Gasteiger partial charge on any atom is 0.0615 e. The van der Waals surface area contributed by atoms with Crippen molar-refractivity contribution in [2.75, 3.05) is 19.7 Å². The molecule has 0 aromatic carbocycles. The Balaban J connectivity index is 1.60. The largest absolute Gasteiger partial charge is 0.394 e. The monoisotopic (exact) mass is 223 g/mol. The van der Waals surface area contributed by atoms with Crippen molar-refractivity contribution < 1.29 is 5.11 Å². The van der Waals surface area contributed by atoms with Crippen molar-refractivity contribution in [3.05, 3.63) is 0 Å². The first-order valence-electron chi connectivity index (χ1n) is 7.15. The summed E-state index contributed by atoms with van der Waals surface area (Å²) >= 11 is 0. The second-order valence-electron chi connectivity index (χ2n) is 6.51. The molecular formula is C14H25NO. The quantitative estimate of drug-likeness (QED) is 0.777. The number of aliphatic hydroxyl groups excluding tert-OH is 1. The molecule has 16 heavy (non-hydrogen) atoms. The molecule has 2 aliphatic carbocycles. The lowest BCUT2D eigenvalue weighted by molar-refractivity contribution is -0.135. The lowest BCUT2D eigenvalue weighted by Crippen LogP contribution is -2.68. The average molecular weight is 223 g/mol. The molecule has 0 radical (unpaired) electrons. The Labute approximate surface area is 99.0 Å². The van der Waals surface area contributed by atoms with Crippen molar-refractivity contribution in [1.82, 2.24) is 4.90 Å². The lowest BCUT2D eigenvalue weighted by Gasteiger charge is -2.61. The van der Waals surface area contributed by atoms with Crippen LogP contribution in [0.1, 0.15) is 57.8 Å². The minimum atomic E-state index is 0.220. The van der Waals surface area contributed by atoms with E-state index in [4.69, 9.17) is 0 Å². The van der Waals surface area contributed by atoms with Crippen molar-refractivity contribution >= 4 is 0 Å². The zero-order valence-electron chi connectivity index (χ0n) is 10.4. The van der Waals surface area contributed by atoms with Crippen molar-refractivity contribution in [3.63, 3.8) is 0 Å². The van der Waals surface area contributed by atoms with E-state index in [0.717, 1.165) is 0 Å². The molecule has 2 saturated carbocycles. The predicted molar refractivity (Wildman–Crippen MR) is 65.4 cm³/mol. The fourth-order valence-electron chi connectivity index (χ4n) is 4.05. The summed E-state index contributed by atoms with van der Waals surface area (Å²) in [5, 5.41) is 9.57. The minimum absolute atomic E-state index is 0.220. The van der Waals surface area contributed by atoms with E-state index in [-0.39, 0.29) is 5.54 Å². The van der Waals surface area contributed by atoms with Crippen LogP contribution in [0.15, 0.2) is 0 Å². The summed E-state index contributed by atoms with van der Waals surface area (Å²) in [6.45, 7) is 2.96. The van der Waals surface area contributed by atoms with Crippen LogP contribution in [-0.4, -0.2) is 35.2 Å². The second-order valence-corrected chi connectivity index (χ2v) is 6.51. The Morgan fingerprint density at radius 1 is 0.812 bits per heavy atom. The van der Waals surface area contributed by atoms with Gasteiger partial charge in [0, 0.05) is 18.6 Å². The van der Waals surface area contributed by atoms with Crippen molar-refractivity contribution in [3.8, 4) is 0 Å². The highest BCUT2D eigenvalue weighted by Crippen LogP contribution is 2.49. The summed E-state index contributed by atoms with van der Waals surface area (Å²) in [6.07, 6.45) is 12.5. The number of nitrogens with zero attached hydrogens (tertiary/aromatic N) is 1. The van der Waals surface area contributed by atoms with E-state index in [2.05, 4.69) is 4.90 Å². The number of hydrogen-bond donors (Lipinski definition) is 1. The molecule has 2 heteroatoms. The molecule has 1 spiro atoms. The van der Waals surface area contributed by atoms with E-state index in [1.54, 1.807) is 0 Å². The van der Waals surface area contributed by atoms with Crippen LogP contribution in [0, 0.1) is 5.41 Å². The van der Waals surface area contributed by atoms with Gasteiger partial charge in [0.1, 0.15) is 0 Å². The average Bonchev–Trinajstić information content (AvgIpc) is 2.41. The molecule has 3 rings (SSSR count). The maximum atomic E-state index is 9.57. The van der Waals surface area contributed by atoms with Crippen LogP contribution in [0.4, 0.5) is 0 Å². The molecule has 3 fully saturated rings. The molecule has 92 valence electrons. The fraction of sp³-hybridized carbons (Fsp3) is 1.00. The standard InChI is InChI=1S/C14H25NO/c16-12-14(8-5-9-14)15-10-13(11-15)6-3-1-2-4-7-13/h16H,1-12H2. The zero-order valence-corrected chi connectivity index (χ0v) is 10.4. The van der Waals surface area contributed by atoms with E-state index in [0.29, 0.717) is 12.0 Å². The zero-order chi connectivity index (χ0) is 11.1. The third-order valence-corrected chi connectivity index (χ3v) is 5.47. The van der Waals surface area contributed by atoms with Crippen molar-refractivity contribution in [2.24, 2.45) is 5.41 Å². The fourth-order valence-corrected chi connectivity index (χ4v) is 4.05. The van der Waals surface area contributed by atoms with Crippen molar-refractivity contribution in [1.29, 1.82) is 0 Å². The van der Waals surface area contributed by atoms with Crippen LogP contribution < -0.4 is 0 Å². The molecule has 1 saturated heterocycles. The highest BCUT2D eigenvalue weighted by molar-refractivity contribution is 5.07. The van der Waals surface area contributed by atoms with Gasteiger partial charge in [-0.1, -0.05) is 25.7 Å². The molecule has 0 aromatic rings.